The number of hydrogen-bond donors (Lipinski definition) is 1. The Morgan fingerprint density at radius 3 is 3.18 bits per heavy atom. The summed E-state index contributed by atoms with van der Waals surface area (Å²) in [7, 11) is 0. The van der Waals surface area contributed by atoms with Gasteiger partial charge in [-0.2, -0.15) is 0 Å². The minimum atomic E-state index is 0.707. The standard InChI is InChI=1S/C10H8BrN5S/c1-2-6-8(17-16-15-6)10-13-7-3-5(11)4-12-9(7)14-10/h3-4H,2H2,1H3,(H,12,13,14). The molecule has 3 heterocycles. The number of aryl methyl sites for hydroxylation is 1. The van der Waals surface area contributed by atoms with Crippen LogP contribution in [0, 0.1) is 0 Å². The normalized spacial score (nSPS) is 11.2. The summed E-state index contributed by atoms with van der Waals surface area (Å²) in [4.78, 5) is 12.9. The van der Waals surface area contributed by atoms with Crippen LogP contribution in [0.5, 0.6) is 0 Å². The molecule has 5 nitrogen and oxygen atoms in total. The third kappa shape index (κ3) is 1.85. The van der Waals surface area contributed by atoms with E-state index in [0.717, 1.165) is 32.8 Å². The van der Waals surface area contributed by atoms with Crippen LogP contribution in [-0.2, 0) is 6.42 Å². The zero-order valence-electron chi connectivity index (χ0n) is 8.94. The van der Waals surface area contributed by atoms with Gasteiger partial charge in [-0.25, -0.2) is 9.97 Å². The Kier molecular flexibility index (Phi) is 2.64. The van der Waals surface area contributed by atoms with E-state index in [1.54, 1.807) is 6.20 Å². The molecule has 3 aromatic heterocycles. The lowest BCUT2D eigenvalue weighted by molar-refractivity contribution is 0.990. The van der Waals surface area contributed by atoms with E-state index < -0.39 is 0 Å². The van der Waals surface area contributed by atoms with Gasteiger partial charge in [0.25, 0.3) is 0 Å². The van der Waals surface area contributed by atoms with Gasteiger partial charge in [0.1, 0.15) is 4.88 Å². The summed E-state index contributed by atoms with van der Waals surface area (Å²) in [6.45, 7) is 2.05. The van der Waals surface area contributed by atoms with Crippen LogP contribution in [0.3, 0.4) is 0 Å². The van der Waals surface area contributed by atoms with Crippen LogP contribution >= 0.6 is 27.5 Å². The summed E-state index contributed by atoms with van der Waals surface area (Å²) in [6, 6.07) is 1.96. The minimum Gasteiger partial charge on any atom is -0.336 e. The fourth-order valence-electron chi connectivity index (χ4n) is 1.60. The molecular formula is C10H8BrN5S. The van der Waals surface area contributed by atoms with Crippen molar-refractivity contribution >= 4 is 38.6 Å². The number of imidazole rings is 1. The van der Waals surface area contributed by atoms with Crippen molar-refractivity contribution in [3.05, 3.63) is 22.4 Å². The quantitative estimate of drug-likeness (QED) is 0.790. The SMILES string of the molecule is CCc1nnsc1-c1nc2ncc(Br)cc2[nH]1. The van der Waals surface area contributed by atoms with E-state index in [1.165, 1.54) is 11.5 Å². The lowest BCUT2D eigenvalue weighted by atomic mass is 10.3. The Labute approximate surface area is 110 Å². The molecule has 7 heteroatoms. The van der Waals surface area contributed by atoms with E-state index in [-0.39, 0.29) is 0 Å². The van der Waals surface area contributed by atoms with Crippen LogP contribution in [0.2, 0.25) is 0 Å². The Balaban J connectivity index is 2.18. The third-order valence-corrected chi connectivity index (χ3v) is 3.62. The zero-order chi connectivity index (χ0) is 11.8. The predicted molar refractivity (Wildman–Crippen MR) is 69.9 cm³/mol. The highest BCUT2D eigenvalue weighted by atomic mass is 79.9. The molecule has 1 N–H and O–H groups in total. The second-order valence-electron chi connectivity index (χ2n) is 3.51. The molecule has 0 aliphatic heterocycles. The zero-order valence-corrected chi connectivity index (χ0v) is 11.3. The number of pyridine rings is 1. The first-order chi connectivity index (χ1) is 8.28. The highest BCUT2D eigenvalue weighted by Crippen LogP contribution is 2.26. The molecular weight excluding hydrogens is 302 g/mol. The number of hydrogen-bond acceptors (Lipinski definition) is 5. The molecule has 86 valence electrons. The molecule has 0 radical (unpaired) electrons. The van der Waals surface area contributed by atoms with E-state index in [4.69, 9.17) is 0 Å². The van der Waals surface area contributed by atoms with Crippen molar-refractivity contribution in [3.8, 4) is 10.7 Å². The number of nitrogens with one attached hydrogen (secondary N) is 1. The second-order valence-corrected chi connectivity index (χ2v) is 5.18. The Morgan fingerprint density at radius 2 is 2.35 bits per heavy atom. The monoisotopic (exact) mass is 309 g/mol. The predicted octanol–water partition coefficient (Wildman–Crippen LogP) is 2.80. The van der Waals surface area contributed by atoms with Gasteiger partial charge in [0.05, 0.1) is 11.2 Å². The molecule has 0 aromatic carbocycles. The number of rotatable bonds is 2. The molecule has 0 saturated carbocycles. The fourth-order valence-corrected chi connectivity index (χ4v) is 2.63. The first-order valence-electron chi connectivity index (χ1n) is 5.10. The molecule has 0 aliphatic rings. The summed E-state index contributed by atoms with van der Waals surface area (Å²) in [5.41, 5.74) is 2.58. The van der Waals surface area contributed by atoms with Gasteiger partial charge < -0.3 is 4.98 Å². The maximum absolute atomic E-state index is 4.45. The van der Waals surface area contributed by atoms with Gasteiger partial charge in [0, 0.05) is 10.7 Å². The van der Waals surface area contributed by atoms with Crippen molar-refractivity contribution < 1.29 is 0 Å². The number of aromatic amines is 1. The first kappa shape index (κ1) is 10.8. The summed E-state index contributed by atoms with van der Waals surface area (Å²) < 4.78 is 4.89. The van der Waals surface area contributed by atoms with E-state index >= 15 is 0 Å². The lowest BCUT2D eigenvalue weighted by Gasteiger charge is -1.91. The smallest absolute Gasteiger partial charge is 0.178 e. The molecule has 3 rings (SSSR count). The summed E-state index contributed by atoms with van der Waals surface area (Å²) in [5, 5.41) is 4.08. The number of halogens is 1. The minimum absolute atomic E-state index is 0.707. The lowest BCUT2D eigenvalue weighted by Crippen LogP contribution is -1.85. The number of fused-ring (bicyclic) bond motifs is 1. The van der Waals surface area contributed by atoms with E-state index in [1.807, 2.05) is 6.07 Å². The topological polar surface area (TPSA) is 67.3 Å². The number of nitrogens with zero attached hydrogens (tertiary/aromatic N) is 4. The number of aromatic nitrogens is 5. The second kappa shape index (κ2) is 4.15. The highest BCUT2D eigenvalue weighted by molar-refractivity contribution is 9.10. The maximum atomic E-state index is 4.45. The Bertz CT molecular complexity index is 674. The van der Waals surface area contributed by atoms with Gasteiger partial charge in [0.15, 0.2) is 11.5 Å². The van der Waals surface area contributed by atoms with Crippen molar-refractivity contribution in [2.75, 3.05) is 0 Å². The van der Waals surface area contributed by atoms with Gasteiger partial charge in [-0.05, 0) is 39.9 Å². The van der Waals surface area contributed by atoms with Crippen molar-refractivity contribution in [2.45, 2.75) is 13.3 Å². The molecule has 0 atom stereocenters. The largest absolute Gasteiger partial charge is 0.336 e. The van der Waals surface area contributed by atoms with Gasteiger partial charge in [0.2, 0.25) is 0 Å². The number of H-pyrrole nitrogens is 1. The van der Waals surface area contributed by atoms with Crippen LogP contribution in [0.4, 0.5) is 0 Å². The highest BCUT2D eigenvalue weighted by Gasteiger charge is 2.13. The molecule has 17 heavy (non-hydrogen) atoms. The maximum Gasteiger partial charge on any atom is 0.178 e. The van der Waals surface area contributed by atoms with Crippen LogP contribution in [0.15, 0.2) is 16.7 Å². The average molecular weight is 310 g/mol. The van der Waals surface area contributed by atoms with Crippen LogP contribution in [-0.4, -0.2) is 24.5 Å². The van der Waals surface area contributed by atoms with E-state index in [2.05, 4.69) is 47.4 Å². The van der Waals surface area contributed by atoms with Crippen LogP contribution in [0.25, 0.3) is 21.9 Å². The van der Waals surface area contributed by atoms with Crippen LogP contribution < -0.4 is 0 Å². The third-order valence-electron chi connectivity index (χ3n) is 2.41. The van der Waals surface area contributed by atoms with Crippen molar-refractivity contribution in [1.29, 1.82) is 0 Å². The Morgan fingerprint density at radius 1 is 1.47 bits per heavy atom. The molecule has 0 aliphatic carbocycles. The van der Waals surface area contributed by atoms with Gasteiger partial charge in [-0.3, -0.25) is 0 Å². The summed E-state index contributed by atoms with van der Waals surface area (Å²) >= 11 is 4.74. The van der Waals surface area contributed by atoms with Gasteiger partial charge >= 0.3 is 0 Å². The van der Waals surface area contributed by atoms with E-state index in [9.17, 15) is 0 Å². The van der Waals surface area contributed by atoms with Crippen molar-refractivity contribution in [3.63, 3.8) is 0 Å². The molecule has 3 aromatic rings. The fraction of sp³-hybridized carbons (Fsp3) is 0.200. The first-order valence-corrected chi connectivity index (χ1v) is 6.67. The molecule has 0 spiro atoms. The summed E-state index contributed by atoms with van der Waals surface area (Å²) in [6.07, 6.45) is 2.58. The van der Waals surface area contributed by atoms with Gasteiger partial charge in [-0.1, -0.05) is 11.4 Å². The molecule has 0 saturated heterocycles. The molecule has 0 unspecified atom stereocenters. The molecule has 0 fully saturated rings. The van der Waals surface area contributed by atoms with Crippen LogP contribution in [0.1, 0.15) is 12.6 Å². The molecule has 0 amide bonds. The average Bonchev–Trinajstić information content (AvgIpc) is 2.93. The van der Waals surface area contributed by atoms with Crippen molar-refractivity contribution in [1.82, 2.24) is 24.5 Å². The Hall–Kier alpha value is -1.34. The summed E-state index contributed by atoms with van der Waals surface area (Å²) in [5.74, 6) is 0.789. The molecule has 0 bridgehead atoms. The van der Waals surface area contributed by atoms with Crippen molar-refractivity contribution in [2.24, 2.45) is 0 Å². The van der Waals surface area contributed by atoms with E-state index in [0.29, 0.717) is 5.65 Å². The van der Waals surface area contributed by atoms with Gasteiger partial charge in [-0.15, -0.1) is 5.10 Å².